The molecule has 0 fully saturated rings. The lowest BCUT2D eigenvalue weighted by atomic mass is 10.1. The van der Waals surface area contributed by atoms with Crippen molar-refractivity contribution in [3.63, 3.8) is 0 Å². The smallest absolute Gasteiger partial charge is 0.316 e. The fourth-order valence-electron chi connectivity index (χ4n) is 3.58. The quantitative estimate of drug-likeness (QED) is 0.311. The molecule has 0 atom stereocenters. The van der Waals surface area contributed by atoms with Crippen LogP contribution in [0.15, 0.2) is 99.6 Å². The maximum atomic E-state index is 12.6. The molecule has 0 heterocycles. The normalized spacial score (nSPS) is 11.8. The lowest BCUT2D eigenvalue weighted by Crippen LogP contribution is -2.13. The van der Waals surface area contributed by atoms with Crippen LogP contribution in [0.3, 0.4) is 0 Å². The van der Waals surface area contributed by atoms with Crippen LogP contribution < -0.4 is 0 Å². The molecular formula is C27H32O2S. The summed E-state index contributed by atoms with van der Waals surface area (Å²) in [6.45, 7) is 4.09. The van der Waals surface area contributed by atoms with Crippen molar-refractivity contribution in [2.75, 3.05) is 0 Å². The molecule has 0 spiro atoms. The number of rotatable bonds is 10. The van der Waals surface area contributed by atoms with Crippen LogP contribution in [0, 0.1) is 0 Å². The highest BCUT2D eigenvalue weighted by Crippen LogP contribution is 2.69. The number of unbranched alkanes of at least 4 members (excludes halogenated alkanes) is 3. The van der Waals surface area contributed by atoms with Crippen molar-refractivity contribution in [3.8, 4) is 0 Å². The number of hydrogen-bond donors (Lipinski definition) is 0. The first-order valence-electron chi connectivity index (χ1n) is 11.0. The number of carbonyl (C=O) groups excluding carboxylic acids is 1. The summed E-state index contributed by atoms with van der Waals surface area (Å²) < 4.78 is 6.34. The Kier molecular flexibility index (Phi) is 8.15. The molecule has 0 aliphatic carbocycles. The molecule has 3 aromatic carbocycles. The monoisotopic (exact) mass is 420 g/mol. The van der Waals surface area contributed by atoms with Crippen LogP contribution in [-0.4, -0.2) is 5.97 Å². The van der Waals surface area contributed by atoms with Crippen LogP contribution in [0.25, 0.3) is 0 Å². The average molecular weight is 421 g/mol. The van der Waals surface area contributed by atoms with E-state index in [1.54, 1.807) is 0 Å². The molecule has 158 valence electrons. The summed E-state index contributed by atoms with van der Waals surface area (Å²) >= 11 is 0. The predicted molar refractivity (Wildman–Crippen MR) is 126 cm³/mol. The summed E-state index contributed by atoms with van der Waals surface area (Å²) in [6.07, 6.45) is 6.48. The Morgan fingerprint density at radius 2 is 1.23 bits per heavy atom. The van der Waals surface area contributed by atoms with Crippen molar-refractivity contribution in [1.29, 1.82) is 0 Å². The van der Waals surface area contributed by atoms with Crippen molar-refractivity contribution in [2.24, 2.45) is 0 Å². The van der Waals surface area contributed by atoms with Gasteiger partial charge in [0.2, 0.25) is 0 Å². The zero-order valence-corrected chi connectivity index (χ0v) is 18.9. The van der Waals surface area contributed by atoms with E-state index in [0.29, 0.717) is 6.42 Å². The number of benzene rings is 3. The summed E-state index contributed by atoms with van der Waals surface area (Å²) in [4.78, 5) is 15.7. The maximum absolute atomic E-state index is 12.6. The molecule has 3 rings (SSSR count). The van der Waals surface area contributed by atoms with E-state index in [4.69, 9.17) is 4.18 Å². The highest BCUT2D eigenvalue weighted by molar-refractivity contribution is 8.30. The van der Waals surface area contributed by atoms with Gasteiger partial charge in [0.15, 0.2) is 0 Å². The fourth-order valence-corrected chi connectivity index (χ4v) is 6.68. The molecule has 3 heteroatoms. The minimum absolute atomic E-state index is 0.179. The molecule has 0 unspecified atom stereocenters. The van der Waals surface area contributed by atoms with E-state index in [1.165, 1.54) is 31.2 Å². The van der Waals surface area contributed by atoms with Gasteiger partial charge in [-0.25, -0.2) is 0 Å². The number of aryl methyl sites for hydroxylation is 1. The van der Waals surface area contributed by atoms with E-state index < -0.39 is 10.3 Å². The maximum Gasteiger partial charge on any atom is 0.316 e. The largest absolute Gasteiger partial charge is 0.402 e. The van der Waals surface area contributed by atoms with E-state index in [2.05, 4.69) is 55.5 Å². The third-order valence-corrected chi connectivity index (χ3v) is 8.48. The Balaban J connectivity index is 2.05. The molecule has 30 heavy (non-hydrogen) atoms. The average Bonchev–Trinajstić information content (AvgIpc) is 2.82. The van der Waals surface area contributed by atoms with E-state index in [9.17, 15) is 4.79 Å². The van der Waals surface area contributed by atoms with Crippen LogP contribution in [-0.2, 0) is 15.4 Å². The SMILES string of the molecule is CCCCCCc1ccc(S(OC(=O)CC)(c2ccccc2)c2ccccc2)cc1. The van der Waals surface area contributed by atoms with Crippen molar-refractivity contribution in [2.45, 2.75) is 67.1 Å². The molecule has 0 aliphatic heterocycles. The van der Waals surface area contributed by atoms with E-state index in [1.807, 2.05) is 43.3 Å². The zero-order chi connectivity index (χ0) is 21.2. The highest BCUT2D eigenvalue weighted by atomic mass is 32.3. The molecule has 0 radical (unpaired) electrons. The minimum atomic E-state index is -2.14. The van der Waals surface area contributed by atoms with Gasteiger partial charge in [-0.15, -0.1) is 0 Å². The lowest BCUT2D eigenvalue weighted by Gasteiger charge is -2.39. The van der Waals surface area contributed by atoms with Gasteiger partial charge in [0, 0.05) is 21.1 Å². The van der Waals surface area contributed by atoms with Gasteiger partial charge >= 0.3 is 5.97 Å². The Hall–Kier alpha value is -2.52. The van der Waals surface area contributed by atoms with E-state index in [-0.39, 0.29) is 5.97 Å². The Labute approximate surface area is 182 Å². The number of carbonyl (C=O) groups is 1. The van der Waals surface area contributed by atoms with Crippen LogP contribution in [0.1, 0.15) is 51.5 Å². The summed E-state index contributed by atoms with van der Waals surface area (Å²) in [7, 11) is -2.14. The fraction of sp³-hybridized carbons (Fsp3) is 0.296. The predicted octanol–water partition coefficient (Wildman–Crippen LogP) is 7.96. The second-order valence-corrected chi connectivity index (χ2v) is 10.1. The van der Waals surface area contributed by atoms with Gasteiger partial charge in [-0.3, -0.25) is 4.79 Å². The molecule has 0 bridgehead atoms. The van der Waals surface area contributed by atoms with Crippen molar-refractivity contribution < 1.29 is 8.98 Å². The first-order chi connectivity index (χ1) is 14.7. The second-order valence-electron chi connectivity index (χ2n) is 7.45. The summed E-state index contributed by atoms with van der Waals surface area (Å²) in [5.74, 6) is -0.179. The Morgan fingerprint density at radius 3 is 1.73 bits per heavy atom. The summed E-state index contributed by atoms with van der Waals surface area (Å²) in [6, 6.07) is 29.1. The van der Waals surface area contributed by atoms with Crippen molar-refractivity contribution >= 4 is 16.3 Å². The molecule has 3 aromatic rings. The van der Waals surface area contributed by atoms with E-state index in [0.717, 1.165) is 21.1 Å². The standard InChI is InChI=1S/C27H32O2S/c1-3-5-6-9-14-23-19-21-26(22-20-23)30(29-27(28)4-2,24-15-10-7-11-16-24)25-17-12-8-13-18-25/h7-8,10-13,15-22H,3-6,9,14H2,1-2H3. The third-order valence-electron chi connectivity index (χ3n) is 5.23. The first kappa shape index (κ1) is 22.2. The second kappa shape index (κ2) is 11.0. The van der Waals surface area contributed by atoms with Gasteiger partial charge < -0.3 is 4.18 Å². The highest BCUT2D eigenvalue weighted by Gasteiger charge is 2.35. The third kappa shape index (κ3) is 5.14. The van der Waals surface area contributed by atoms with Gasteiger partial charge in [-0.1, -0.05) is 81.6 Å². The Morgan fingerprint density at radius 1 is 0.700 bits per heavy atom. The zero-order valence-electron chi connectivity index (χ0n) is 18.1. The van der Waals surface area contributed by atoms with Crippen molar-refractivity contribution in [1.82, 2.24) is 0 Å². The van der Waals surface area contributed by atoms with Crippen LogP contribution in [0.5, 0.6) is 0 Å². The lowest BCUT2D eigenvalue weighted by molar-refractivity contribution is -0.133. The Bertz CT molecular complexity index is 865. The molecule has 2 nitrogen and oxygen atoms in total. The molecular weight excluding hydrogens is 388 g/mol. The van der Waals surface area contributed by atoms with Crippen LogP contribution in [0.4, 0.5) is 0 Å². The molecule has 0 aliphatic rings. The molecule has 0 aromatic heterocycles. The summed E-state index contributed by atoms with van der Waals surface area (Å²) in [5.41, 5.74) is 1.34. The molecule has 0 amide bonds. The number of hydrogen-bond acceptors (Lipinski definition) is 2. The van der Waals surface area contributed by atoms with Gasteiger partial charge in [0.05, 0.1) is 0 Å². The molecule has 0 saturated carbocycles. The van der Waals surface area contributed by atoms with Crippen molar-refractivity contribution in [3.05, 3.63) is 90.5 Å². The van der Waals surface area contributed by atoms with Crippen LogP contribution in [0.2, 0.25) is 0 Å². The van der Waals surface area contributed by atoms with E-state index >= 15 is 0 Å². The first-order valence-corrected chi connectivity index (χ1v) is 12.5. The van der Waals surface area contributed by atoms with Gasteiger partial charge in [-0.2, -0.15) is 0 Å². The summed E-state index contributed by atoms with van der Waals surface area (Å²) in [5, 5.41) is 0. The van der Waals surface area contributed by atoms with Gasteiger partial charge in [-0.05, 0) is 65.1 Å². The van der Waals surface area contributed by atoms with Gasteiger partial charge in [0.1, 0.15) is 0 Å². The topological polar surface area (TPSA) is 26.3 Å². The minimum Gasteiger partial charge on any atom is -0.402 e. The van der Waals surface area contributed by atoms with Gasteiger partial charge in [0.25, 0.3) is 0 Å². The van der Waals surface area contributed by atoms with Crippen LogP contribution >= 0.6 is 10.3 Å². The molecule has 0 saturated heterocycles. The molecule has 0 N–H and O–H groups in total.